The van der Waals surface area contributed by atoms with Crippen molar-refractivity contribution in [3.63, 3.8) is 0 Å². The zero-order chi connectivity index (χ0) is 14.6. The summed E-state index contributed by atoms with van der Waals surface area (Å²) in [5.74, 6) is 4.11. The summed E-state index contributed by atoms with van der Waals surface area (Å²) in [6, 6.07) is 7.98. The highest BCUT2D eigenvalue weighted by Gasteiger charge is 2.07. The van der Waals surface area contributed by atoms with Gasteiger partial charge in [0, 0.05) is 11.8 Å². The largest absolute Gasteiger partial charge is 0.488 e. The first kappa shape index (κ1) is 14.8. The Kier molecular flexibility index (Phi) is 4.63. The van der Waals surface area contributed by atoms with Crippen molar-refractivity contribution in [2.75, 3.05) is 0 Å². The summed E-state index contributed by atoms with van der Waals surface area (Å²) in [4.78, 5) is 5.36. The second-order valence-corrected chi connectivity index (χ2v) is 11.7. The molecule has 1 aromatic heterocycles. The van der Waals surface area contributed by atoms with Crippen LogP contribution in [0.25, 0.3) is 0 Å². The van der Waals surface area contributed by atoms with E-state index in [2.05, 4.69) is 36.1 Å². The van der Waals surface area contributed by atoms with Gasteiger partial charge in [0.1, 0.15) is 20.4 Å². The van der Waals surface area contributed by atoms with E-state index in [1.165, 1.54) is 0 Å². The van der Waals surface area contributed by atoms with Gasteiger partial charge in [0.25, 0.3) is 0 Å². The van der Waals surface area contributed by atoms with Crippen molar-refractivity contribution in [2.24, 2.45) is 0 Å². The SMILES string of the molecule is Cc1ncc(COc2cccc(C#C[Si](C)(C)C)c2)s1. The van der Waals surface area contributed by atoms with Gasteiger partial charge < -0.3 is 4.74 Å². The summed E-state index contributed by atoms with van der Waals surface area (Å²) in [6.07, 6.45) is 1.87. The molecule has 0 amide bonds. The average Bonchev–Trinajstić information content (AvgIpc) is 2.80. The molecule has 0 unspecified atom stereocenters. The maximum atomic E-state index is 5.79. The molecule has 1 aromatic carbocycles. The molecule has 0 aliphatic carbocycles. The summed E-state index contributed by atoms with van der Waals surface area (Å²) in [7, 11) is -1.33. The second-order valence-electron chi connectivity index (χ2n) is 5.66. The highest BCUT2D eigenvalue weighted by atomic mass is 32.1. The lowest BCUT2D eigenvalue weighted by Crippen LogP contribution is -2.16. The van der Waals surface area contributed by atoms with E-state index in [1.54, 1.807) is 11.3 Å². The molecule has 2 rings (SSSR count). The smallest absolute Gasteiger partial charge is 0.129 e. The highest BCUT2D eigenvalue weighted by molar-refractivity contribution is 7.11. The number of nitrogens with zero attached hydrogens (tertiary/aromatic N) is 1. The Morgan fingerprint density at radius 1 is 1.30 bits per heavy atom. The molecule has 0 aliphatic heterocycles. The van der Waals surface area contributed by atoms with Crippen LogP contribution >= 0.6 is 11.3 Å². The van der Waals surface area contributed by atoms with Crippen LogP contribution < -0.4 is 4.74 Å². The van der Waals surface area contributed by atoms with Gasteiger partial charge in [0.15, 0.2) is 0 Å². The minimum atomic E-state index is -1.33. The minimum absolute atomic E-state index is 0.566. The van der Waals surface area contributed by atoms with Crippen LogP contribution in [0.15, 0.2) is 30.5 Å². The van der Waals surface area contributed by atoms with Crippen LogP contribution in [0.3, 0.4) is 0 Å². The van der Waals surface area contributed by atoms with Gasteiger partial charge >= 0.3 is 0 Å². The molecule has 104 valence electrons. The molecule has 0 spiro atoms. The molecule has 4 heteroatoms. The Morgan fingerprint density at radius 3 is 2.75 bits per heavy atom. The molecule has 0 atom stereocenters. The fraction of sp³-hybridized carbons (Fsp3) is 0.312. The normalized spacial score (nSPS) is 10.8. The van der Waals surface area contributed by atoms with Gasteiger partial charge in [-0.3, -0.25) is 0 Å². The van der Waals surface area contributed by atoms with Gasteiger partial charge in [-0.1, -0.05) is 31.6 Å². The van der Waals surface area contributed by atoms with Crippen molar-refractivity contribution in [3.05, 3.63) is 45.9 Å². The third-order valence-corrected chi connectivity index (χ3v) is 4.23. The van der Waals surface area contributed by atoms with Crippen molar-refractivity contribution in [1.29, 1.82) is 0 Å². The Balaban J connectivity index is 2.04. The number of aromatic nitrogens is 1. The molecule has 0 N–H and O–H groups in total. The highest BCUT2D eigenvalue weighted by Crippen LogP contribution is 2.17. The van der Waals surface area contributed by atoms with E-state index in [4.69, 9.17) is 4.74 Å². The van der Waals surface area contributed by atoms with Gasteiger partial charge in [-0.05, 0) is 25.1 Å². The fourth-order valence-corrected chi connectivity index (χ4v) is 2.78. The van der Waals surface area contributed by atoms with Gasteiger partial charge in [-0.15, -0.1) is 16.9 Å². The van der Waals surface area contributed by atoms with Crippen LogP contribution in [-0.4, -0.2) is 13.1 Å². The predicted molar refractivity (Wildman–Crippen MR) is 87.8 cm³/mol. The molecule has 0 bridgehead atoms. The Hall–Kier alpha value is -1.57. The zero-order valence-corrected chi connectivity index (χ0v) is 14.2. The van der Waals surface area contributed by atoms with Gasteiger partial charge in [-0.2, -0.15) is 0 Å². The van der Waals surface area contributed by atoms with Crippen LogP contribution in [0.4, 0.5) is 0 Å². The standard InChI is InChI=1S/C16H19NOSSi/c1-13-17-11-16(19-13)12-18-15-7-5-6-14(10-15)8-9-20(2,3)4/h5-7,10-11H,12H2,1-4H3. The maximum Gasteiger partial charge on any atom is 0.129 e. The van der Waals surface area contributed by atoms with E-state index in [1.807, 2.05) is 37.4 Å². The van der Waals surface area contributed by atoms with E-state index in [-0.39, 0.29) is 0 Å². The Labute approximate surface area is 125 Å². The molecule has 2 aromatic rings. The predicted octanol–water partition coefficient (Wildman–Crippen LogP) is 4.26. The fourth-order valence-electron chi connectivity index (χ4n) is 1.55. The first-order valence-corrected chi connectivity index (χ1v) is 10.9. The van der Waals surface area contributed by atoms with Crippen LogP contribution in [0.5, 0.6) is 5.75 Å². The number of benzene rings is 1. The lowest BCUT2D eigenvalue weighted by molar-refractivity contribution is 0.309. The first-order chi connectivity index (χ1) is 9.42. The number of hydrogen-bond acceptors (Lipinski definition) is 3. The molecular weight excluding hydrogens is 282 g/mol. The Morgan fingerprint density at radius 2 is 2.10 bits per heavy atom. The van der Waals surface area contributed by atoms with Gasteiger partial charge in [0.05, 0.1) is 9.88 Å². The maximum absolute atomic E-state index is 5.79. The summed E-state index contributed by atoms with van der Waals surface area (Å²) in [6.45, 7) is 9.29. The lowest BCUT2D eigenvalue weighted by Gasteiger charge is -2.05. The third-order valence-electron chi connectivity index (χ3n) is 2.47. The summed E-state index contributed by atoms with van der Waals surface area (Å²) in [5, 5.41) is 1.07. The number of thiazole rings is 1. The molecular formula is C16H19NOSSi. The molecule has 1 heterocycles. The monoisotopic (exact) mass is 301 g/mol. The van der Waals surface area contributed by atoms with Gasteiger partial charge in [-0.25, -0.2) is 4.98 Å². The molecule has 0 radical (unpaired) electrons. The van der Waals surface area contributed by atoms with Crippen LogP contribution in [0, 0.1) is 18.4 Å². The van der Waals surface area contributed by atoms with Crippen molar-refractivity contribution in [3.8, 4) is 17.2 Å². The second kappa shape index (κ2) is 6.25. The van der Waals surface area contributed by atoms with Crippen molar-refractivity contribution in [1.82, 2.24) is 4.98 Å². The minimum Gasteiger partial charge on any atom is -0.488 e. The Bertz CT molecular complexity index is 646. The molecule has 0 fully saturated rings. The van der Waals surface area contributed by atoms with Crippen LogP contribution in [0.2, 0.25) is 19.6 Å². The molecule has 2 nitrogen and oxygen atoms in total. The van der Waals surface area contributed by atoms with E-state index >= 15 is 0 Å². The van der Waals surface area contributed by atoms with Crippen molar-refractivity contribution in [2.45, 2.75) is 33.2 Å². The number of ether oxygens (including phenoxy) is 1. The van der Waals surface area contributed by atoms with Crippen LogP contribution in [-0.2, 0) is 6.61 Å². The summed E-state index contributed by atoms with van der Waals surface area (Å²) < 4.78 is 5.79. The summed E-state index contributed by atoms with van der Waals surface area (Å²) in [5.41, 5.74) is 4.39. The molecule has 0 saturated carbocycles. The topological polar surface area (TPSA) is 22.1 Å². The number of hydrogen-bond donors (Lipinski definition) is 0. The van der Waals surface area contributed by atoms with Gasteiger partial charge in [0.2, 0.25) is 0 Å². The van der Waals surface area contributed by atoms with Crippen LogP contribution in [0.1, 0.15) is 15.4 Å². The number of aryl methyl sites for hydroxylation is 1. The molecule has 20 heavy (non-hydrogen) atoms. The average molecular weight is 301 g/mol. The van der Waals surface area contributed by atoms with E-state index in [0.29, 0.717) is 6.61 Å². The first-order valence-electron chi connectivity index (χ1n) is 6.60. The zero-order valence-electron chi connectivity index (χ0n) is 12.4. The van der Waals surface area contributed by atoms with E-state index in [9.17, 15) is 0 Å². The molecule has 0 saturated heterocycles. The third kappa shape index (κ3) is 4.84. The summed E-state index contributed by atoms with van der Waals surface area (Å²) >= 11 is 1.67. The van der Waals surface area contributed by atoms with E-state index in [0.717, 1.165) is 21.2 Å². The van der Waals surface area contributed by atoms with E-state index < -0.39 is 8.07 Å². The lowest BCUT2D eigenvalue weighted by atomic mass is 10.2. The van der Waals surface area contributed by atoms with Crippen molar-refractivity contribution >= 4 is 19.4 Å². The quantitative estimate of drug-likeness (QED) is 0.624. The molecule has 0 aliphatic rings. The number of rotatable bonds is 3. The van der Waals surface area contributed by atoms with Crippen molar-refractivity contribution < 1.29 is 4.74 Å².